The van der Waals surface area contributed by atoms with Crippen LogP contribution in [0.5, 0.6) is 0 Å². The highest BCUT2D eigenvalue weighted by Gasteiger charge is 2.05. The number of aromatic carboxylic acids is 1. The van der Waals surface area contributed by atoms with Crippen LogP contribution in [-0.2, 0) is 6.54 Å². The molecule has 0 amide bonds. The number of nitrogens with one attached hydrogen (secondary N) is 1. The Kier molecular flexibility index (Phi) is 4.92. The van der Waals surface area contributed by atoms with Crippen LogP contribution >= 0.6 is 0 Å². The molecule has 0 bridgehead atoms. The zero-order valence-electron chi connectivity index (χ0n) is 9.73. The lowest BCUT2D eigenvalue weighted by atomic mass is 10.1. The number of hydrogen-bond donors (Lipinski definition) is 2. The van der Waals surface area contributed by atoms with Gasteiger partial charge in [0.25, 0.3) is 0 Å². The van der Waals surface area contributed by atoms with Gasteiger partial charge in [0, 0.05) is 6.54 Å². The van der Waals surface area contributed by atoms with Crippen LogP contribution in [0.1, 0.15) is 36.5 Å². The van der Waals surface area contributed by atoms with Gasteiger partial charge in [0.05, 0.1) is 5.69 Å². The molecule has 4 nitrogen and oxygen atoms in total. The summed E-state index contributed by atoms with van der Waals surface area (Å²) in [5, 5.41) is 12.0. The second-order valence-corrected chi connectivity index (χ2v) is 3.96. The number of carboxylic acid groups (broad SMARTS) is 1. The number of hydrogen-bond acceptors (Lipinski definition) is 3. The molecule has 0 saturated carbocycles. The Bertz CT molecular complexity index is 353. The summed E-state index contributed by atoms with van der Waals surface area (Å²) in [6.07, 6.45) is 1.13. The summed E-state index contributed by atoms with van der Waals surface area (Å²) in [5.41, 5.74) is 0.867. The summed E-state index contributed by atoms with van der Waals surface area (Å²) in [6.45, 7) is 5.87. The number of rotatable bonds is 6. The van der Waals surface area contributed by atoms with Crippen molar-refractivity contribution < 1.29 is 9.90 Å². The summed E-state index contributed by atoms with van der Waals surface area (Å²) in [6, 6.07) is 5.05. The van der Waals surface area contributed by atoms with E-state index in [-0.39, 0.29) is 5.69 Å². The predicted octanol–water partition coefficient (Wildman–Crippen LogP) is 1.92. The molecule has 4 heteroatoms. The summed E-state index contributed by atoms with van der Waals surface area (Å²) in [7, 11) is 0. The largest absolute Gasteiger partial charge is 0.477 e. The molecule has 1 aromatic rings. The van der Waals surface area contributed by atoms with Gasteiger partial charge in [0.15, 0.2) is 0 Å². The number of pyridine rings is 1. The highest BCUT2D eigenvalue weighted by Crippen LogP contribution is 2.01. The van der Waals surface area contributed by atoms with Gasteiger partial charge in [-0.1, -0.05) is 26.3 Å². The van der Waals surface area contributed by atoms with Gasteiger partial charge in [-0.3, -0.25) is 0 Å². The average Bonchev–Trinajstić information content (AvgIpc) is 2.29. The van der Waals surface area contributed by atoms with Gasteiger partial charge in [0.1, 0.15) is 5.69 Å². The molecule has 88 valence electrons. The maximum Gasteiger partial charge on any atom is 0.354 e. The van der Waals surface area contributed by atoms with Crippen LogP contribution in [-0.4, -0.2) is 22.6 Å². The summed E-state index contributed by atoms with van der Waals surface area (Å²) >= 11 is 0. The quantitative estimate of drug-likeness (QED) is 0.772. The van der Waals surface area contributed by atoms with E-state index in [4.69, 9.17) is 5.11 Å². The van der Waals surface area contributed by atoms with E-state index in [1.807, 2.05) is 6.07 Å². The first-order chi connectivity index (χ1) is 7.63. The average molecular weight is 222 g/mol. The fourth-order valence-corrected chi connectivity index (χ4v) is 1.29. The first-order valence-corrected chi connectivity index (χ1v) is 5.53. The second-order valence-electron chi connectivity index (χ2n) is 3.96. The number of nitrogens with zero attached hydrogens (tertiary/aromatic N) is 1. The SMILES string of the molecule is CCC(C)CNCc1cccc(C(=O)O)n1. The topological polar surface area (TPSA) is 62.2 Å². The molecule has 1 aromatic heterocycles. The number of carbonyl (C=O) groups is 1. The van der Waals surface area contributed by atoms with Crippen LogP contribution < -0.4 is 5.32 Å². The molecule has 16 heavy (non-hydrogen) atoms. The molecule has 1 unspecified atom stereocenters. The van der Waals surface area contributed by atoms with E-state index in [0.717, 1.165) is 18.7 Å². The molecule has 0 aliphatic rings. The molecule has 0 fully saturated rings. The van der Waals surface area contributed by atoms with Crippen LogP contribution in [0.25, 0.3) is 0 Å². The van der Waals surface area contributed by atoms with Gasteiger partial charge < -0.3 is 10.4 Å². The van der Waals surface area contributed by atoms with Gasteiger partial charge in [-0.15, -0.1) is 0 Å². The summed E-state index contributed by atoms with van der Waals surface area (Å²) in [5.74, 6) is -0.355. The van der Waals surface area contributed by atoms with Gasteiger partial charge in [-0.2, -0.15) is 0 Å². The Morgan fingerprint density at radius 2 is 2.31 bits per heavy atom. The van der Waals surface area contributed by atoms with Gasteiger partial charge >= 0.3 is 5.97 Å². The van der Waals surface area contributed by atoms with Crippen LogP contribution in [0.15, 0.2) is 18.2 Å². The van der Waals surface area contributed by atoms with Gasteiger partial charge in [-0.25, -0.2) is 9.78 Å². The van der Waals surface area contributed by atoms with Gasteiger partial charge in [0.2, 0.25) is 0 Å². The summed E-state index contributed by atoms with van der Waals surface area (Å²) < 4.78 is 0. The molecule has 0 spiro atoms. The van der Waals surface area contributed by atoms with Crippen LogP contribution in [0.3, 0.4) is 0 Å². The Balaban J connectivity index is 2.48. The third-order valence-corrected chi connectivity index (χ3v) is 2.52. The van der Waals surface area contributed by atoms with E-state index in [2.05, 4.69) is 24.1 Å². The minimum Gasteiger partial charge on any atom is -0.477 e. The lowest BCUT2D eigenvalue weighted by Gasteiger charge is -2.09. The molecule has 0 aromatic carbocycles. The maximum atomic E-state index is 10.7. The van der Waals surface area contributed by atoms with Crippen molar-refractivity contribution in [3.05, 3.63) is 29.6 Å². The van der Waals surface area contributed by atoms with Crippen molar-refractivity contribution >= 4 is 5.97 Å². The van der Waals surface area contributed by atoms with E-state index < -0.39 is 5.97 Å². The monoisotopic (exact) mass is 222 g/mol. The molecule has 1 heterocycles. The molecule has 2 N–H and O–H groups in total. The van der Waals surface area contributed by atoms with E-state index in [1.54, 1.807) is 6.07 Å². The Hall–Kier alpha value is -1.42. The molecular weight excluding hydrogens is 204 g/mol. The fourth-order valence-electron chi connectivity index (χ4n) is 1.29. The molecule has 1 rings (SSSR count). The Labute approximate surface area is 95.7 Å². The third kappa shape index (κ3) is 3.98. The fraction of sp³-hybridized carbons (Fsp3) is 0.500. The number of carboxylic acids is 1. The molecule has 0 aliphatic heterocycles. The van der Waals surface area contributed by atoms with E-state index in [1.165, 1.54) is 6.07 Å². The van der Waals surface area contributed by atoms with Crippen molar-refractivity contribution in [2.45, 2.75) is 26.8 Å². The third-order valence-electron chi connectivity index (χ3n) is 2.52. The van der Waals surface area contributed by atoms with E-state index >= 15 is 0 Å². The molecule has 1 atom stereocenters. The van der Waals surface area contributed by atoms with Crippen LogP contribution in [0, 0.1) is 5.92 Å². The van der Waals surface area contributed by atoms with E-state index in [9.17, 15) is 4.79 Å². The minimum atomic E-state index is -0.983. The van der Waals surface area contributed by atoms with Crippen molar-refractivity contribution in [2.24, 2.45) is 5.92 Å². The molecule has 0 aliphatic carbocycles. The summed E-state index contributed by atoms with van der Waals surface area (Å²) in [4.78, 5) is 14.7. The first-order valence-electron chi connectivity index (χ1n) is 5.53. The molecular formula is C12H18N2O2. The zero-order valence-corrected chi connectivity index (χ0v) is 9.73. The van der Waals surface area contributed by atoms with Crippen molar-refractivity contribution in [3.8, 4) is 0 Å². The lowest BCUT2D eigenvalue weighted by Crippen LogP contribution is -2.21. The van der Waals surface area contributed by atoms with E-state index in [0.29, 0.717) is 12.5 Å². The smallest absolute Gasteiger partial charge is 0.354 e. The Morgan fingerprint density at radius 3 is 2.94 bits per heavy atom. The van der Waals surface area contributed by atoms with Crippen LogP contribution in [0.4, 0.5) is 0 Å². The zero-order chi connectivity index (χ0) is 12.0. The minimum absolute atomic E-state index is 0.0999. The predicted molar refractivity (Wildman–Crippen MR) is 62.4 cm³/mol. The van der Waals surface area contributed by atoms with Crippen molar-refractivity contribution in [1.82, 2.24) is 10.3 Å². The second kappa shape index (κ2) is 6.23. The van der Waals surface area contributed by atoms with Crippen molar-refractivity contribution in [3.63, 3.8) is 0 Å². The maximum absolute atomic E-state index is 10.7. The molecule has 0 saturated heterocycles. The van der Waals surface area contributed by atoms with Crippen LogP contribution in [0.2, 0.25) is 0 Å². The lowest BCUT2D eigenvalue weighted by molar-refractivity contribution is 0.0690. The normalized spacial score (nSPS) is 12.4. The first kappa shape index (κ1) is 12.6. The van der Waals surface area contributed by atoms with Crippen molar-refractivity contribution in [1.29, 1.82) is 0 Å². The standard InChI is InChI=1S/C12H18N2O2/c1-3-9(2)7-13-8-10-5-4-6-11(14-10)12(15)16/h4-6,9,13H,3,7-8H2,1-2H3,(H,15,16). The molecule has 0 radical (unpaired) electrons. The highest BCUT2D eigenvalue weighted by molar-refractivity contribution is 5.85. The van der Waals surface area contributed by atoms with Crippen molar-refractivity contribution in [2.75, 3.05) is 6.54 Å². The van der Waals surface area contributed by atoms with Gasteiger partial charge in [-0.05, 0) is 24.6 Å². The Morgan fingerprint density at radius 1 is 1.56 bits per heavy atom. The highest BCUT2D eigenvalue weighted by atomic mass is 16.4. The number of aromatic nitrogens is 1.